The van der Waals surface area contributed by atoms with E-state index < -0.39 is 0 Å². The van der Waals surface area contributed by atoms with Gasteiger partial charge in [0.2, 0.25) is 10.6 Å². The van der Waals surface area contributed by atoms with Gasteiger partial charge in [-0.1, -0.05) is 0 Å². The second-order valence-electron chi connectivity index (χ2n) is 3.50. The second-order valence-corrected chi connectivity index (χ2v) is 3.88. The molecule has 0 bridgehead atoms. The van der Waals surface area contributed by atoms with Crippen molar-refractivity contribution in [1.82, 2.24) is 24.7 Å². The fourth-order valence-electron chi connectivity index (χ4n) is 1.23. The third kappa shape index (κ3) is 1.65. The average Bonchev–Trinajstić information content (AvgIpc) is 2.76. The normalized spacial score (nSPS) is 11.1. The van der Waals surface area contributed by atoms with Crippen LogP contribution in [0.2, 0.25) is 0 Å². The van der Waals surface area contributed by atoms with Crippen molar-refractivity contribution in [3.8, 4) is 11.5 Å². The highest BCUT2D eigenvalue weighted by Crippen LogP contribution is 2.14. The fourth-order valence-corrected chi connectivity index (χ4v) is 1.36. The molecule has 0 amide bonds. The Kier molecular flexibility index (Phi) is 2.31. The third-order valence-corrected chi connectivity index (χ3v) is 2.36. The van der Waals surface area contributed by atoms with E-state index in [0.29, 0.717) is 22.3 Å². The molecular formula is C8H12N6S. The summed E-state index contributed by atoms with van der Waals surface area (Å²) in [4.78, 5) is 0. The highest BCUT2D eigenvalue weighted by Gasteiger charge is 2.10. The summed E-state index contributed by atoms with van der Waals surface area (Å²) in [6.07, 6.45) is 1.89. The number of nitrogens with one attached hydrogen (secondary N) is 1. The van der Waals surface area contributed by atoms with Gasteiger partial charge in [0.25, 0.3) is 0 Å². The van der Waals surface area contributed by atoms with Crippen LogP contribution in [0, 0.1) is 4.77 Å². The molecule has 0 aromatic carbocycles. The van der Waals surface area contributed by atoms with E-state index in [2.05, 4.69) is 29.1 Å². The number of aromatic nitrogens is 5. The lowest BCUT2D eigenvalue weighted by Crippen LogP contribution is -2.10. The van der Waals surface area contributed by atoms with Gasteiger partial charge in [-0.05, 0) is 32.1 Å². The average molecular weight is 224 g/mol. The van der Waals surface area contributed by atoms with Gasteiger partial charge >= 0.3 is 0 Å². The van der Waals surface area contributed by atoms with Crippen molar-refractivity contribution in [3.63, 3.8) is 0 Å². The minimum absolute atomic E-state index is 0.312. The van der Waals surface area contributed by atoms with Gasteiger partial charge in [-0.15, -0.1) is 0 Å². The molecule has 6 nitrogen and oxygen atoms in total. The van der Waals surface area contributed by atoms with Crippen molar-refractivity contribution < 1.29 is 0 Å². The number of hydrogen-bond acceptors (Lipinski definition) is 4. The largest absolute Gasteiger partial charge is 0.335 e. The molecule has 2 rings (SSSR count). The zero-order chi connectivity index (χ0) is 11.0. The van der Waals surface area contributed by atoms with Crippen molar-refractivity contribution in [1.29, 1.82) is 0 Å². The molecule has 2 heterocycles. The molecule has 0 aliphatic heterocycles. The van der Waals surface area contributed by atoms with Crippen LogP contribution in [0.4, 0.5) is 0 Å². The molecule has 0 fully saturated rings. The molecule has 2 aromatic rings. The Hall–Kier alpha value is -1.63. The van der Waals surface area contributed by atoms with E-state index in [1.807, 2.05) is 16.9 Å². The van der Waals surface area contributed by atoms with Gasteiger partial charge in [0.15, 0.2) is 0 Å². The van der Waals surface area contributed by atoms with Crippen LogP contribution in [0.1, 0.15) is 19.9 Å². The van der Waals surface area contributed by atoms with Crippen molar-refractivity contribution >= 4 is 12.2 Å². The SMILES string of the molecule is CC(C)n1ccc(-c2n[nH]c(=S)n2N)n1. The lowest BCUT2D eigenvalue weighted by molar-refractivity contribution is 0.533. The molecule has 0 saturated heterocycles. The predicted octanol–water partition coefficient (Wildman–Crippen LogP) is 1.10. The van der Waals surface area contributed by atoms with Crippen LogP contribution >= 0.6 is 12.2 Å². The monoisotopic (exact) mass is 224 g/mol. The minimum atomic E-state index is 0.312. The van der Waals surface area contributed by atoms with Crippen LogP contribution in [0.5, 0.6) is 0 Å². The lowest BCUT2D eigenvalue weighted by Gasteiger charge is -2.03. The molecule has 0 unspecified atom stereocenters. The maximum Gasteiger partial charge on any atom is 0.214 e. The summed E-state index contributed by atoms with van der Waals surface area (Å²) in [6, 6.07) is 2.17. The van der Waals surface area contributed by atoms with E-state index in [9.17, 15) is 0 Å². The Bertz CT molecular complexity index is 519. The quantitative estimate of drug-likeness (QED) is 0.591. The zero-order valence-electron chi connectivity index (χ0n) is 8.51. The summed E-state index contributed by atoms with van der Waals surface area (Å²) < 4.78 is 3.53. The van der Waals surface area contributed by atoms with Crippen LogP contribution in [-0.2, 0) is 0 Å². The summed E-state index contributed by atoms with van der Waals surface area (Å²) in [7, 11) is 0. The Balaban J connectivity index is 2.46. The van der Waals surface area contributed by atoms with Crippen LogP contribution in [-0.4, -0.2) is 24.7 Å². The van der Waals surface area contributed by atoms with Crippen LogP contribution in [0.25, 0.3) is 11.5 Å². The molecule has 0 atom stereocenters. The summed E-state index contributed by atoms with van der Waals surface area (Å²) in [5, 5.41) is 11.0. The van der Waals surface area contributed by atoms with Gasteiger partial charge in [0.1, 0.15) is 5.69 Å². The van der Waals surface area contributed by atoms with Crippen molar-refractivity contribution in [2.45, 2.75) is 19.9 Å². The third-order valence-electron chi connectivity index (χ3n) is 2.07. The van der Waals surface area contributed by atoms with Crippen LogP contribution in [0.3, 0.4) is 0 Å². The number of hydrogen-bond donors (Lipinski definition) is 2. The maximum absolute atomic E-state index is 5.69. The molecule has 0 spiro atoms. The standard InChI is InChI=1S/C8H12N6S/c1-5(2)13-4-3-6(12-13)7-10-11-8(15)14(7)9/h3-5H,9H2,1-2H3,(H,11,15). The van der Waals surface area contributed by atoms with E-state index in [1.54, 1.807) is 0 Å². The summed E-state index contributed by atoms with van der Waals surface area (Å²) in [5.74, 6) is 6.23. The number of nitrogens with two attached hydrogens (primary N) is 1. The molecule has 0 radical (unpaired) electrons. The van der Waals surface area contributed by atoms with Gasteiger partial charge in [0.05, 0.1) is 0 Å². The Morgan fingerprint density at radius 3 is 2.73 bits per heavy atom. The molecule has 2 aromatic heterocycles. The van der Waals surface area contributed by atoms with Gasteiger partial charge in [-0.25, -0.2) is 9.77 Å². The van der Waals surface area contributed by atoms with Crippen LogP contribution in [0.15, 0.2) is 12.3 Å². The minimum Gasteiger partial charge on any atom is -0.335 e. The van der Waals surface area contributed by atoms with Gasteiger partial charge in [-0.2, -0.15) is 10.2 Å². The number of aromatic amines is 1. The molecule has 0 aliphatic carbocycles. The van der Waals surface area contributed by atoms with Gasteiger partial charge in [-0.3, -0.25) is 4.68 Å². The van der Waals surface area contributed by atoms with E-state index in [-0.39, 0.29) is 0 Å². The molecule has 0 aliphatic rings. The molecule has 15 heavy (non-hydrogen) atoms. The zero-order valence-corrected chi connectivity index (χ0v) is 9.32. The van der Waals surface area contributed by atoms with E-state index in [0.717, 1.165) is 0 Å². The second kappa shape index (κ2) is 3.50. The molecule has 0 saturated carbocycles. The molecule has 7 heteroatoms. The number of nitrogens with zero attached hydrogens (tertiary/aromatic N) is 4. The first-order valence-electron chi connectivity index (χ1n) is 4.57. The van der Waals surface area contributed by atoms with Crippen LogP contribution < -0.4 is 5.84 Å². The Morgan fingerprint density at radius 2 is 2.27 bits per heavy atom. The lowest BCUT2D eigenvalue weighted by atomic mass is 10.4. The van der Waals surface area contributed by atoms with Crippen molar-refractivity contribution in [3.05, 3.63) is 17.0 Å². The molecule has 3 N–H and O–H groups in total. The fraction of sp³-hybridized carbons (Fsp3) is 0.375. The van der Waals surface area contributed by atoms with Crippen molar-refractivity contribution in [2.24, 2.45) is 0 Å². The summed E-state index contributed by atoms with van der Waals surface area (Å²) in [5.41, 5.74) is 0.707. The first-order valence-corrected chi connectivity index (χ1v) is 4.98. The van der Waals surface area contributed by atoms with Gasteiger partial charge < -0.3 is 5.84 Å². The smallest absolute Gasteiger partial charge is 0.214 e. The summed E-state index contributed by atoms with van der Waals surface area (Å²) >= 11 is 4.92. The topological polar surface area (TPSA) is 77.5 Å². The predicted molar refractivity (Wildman–Crippen MR) is 59.2 cm³/mol. The highest BCUT2D eigenvalue weighted by molar-refractivity contribution is 7.71. The molecule has 80 valence electrons. The summed E-state index contributed by atoms with van der Waals surface area (Å²) in [6.45, 7) is 4.10. The Labute approximate surface area is 91.7 Å². The Morgan fingerprint density at radius 1 is 1.53 bits per heavy atom. The first-order chi connectivity index (χ1) is 7.09. The van der Waals surface area contributed by atoms with E-state index in [4.69, 9.17) is 18.1 Å². The number of H-pyrrole nitrogens is 1. The maximum atomic E-state index is 5.69. The van der Waals surface area contributed by atoms with Gasteiger partial charge in [0, 0.05) is 12.2 Å². The first kappa shape index (κ1) is 9.91. The molecular weight excluding hydrogens is 212 g/mol. The number of rotatable bonds is 2. The number of nitrogen functional groups attached to an aromatic ring is 1. The highest BCUT2D eigenvalue weighted by atomic mass is 32.1. The van der Waals surface area contributed by atoms with E-state index >= 15 is 0 Å². The van der Waals surface area contributed by atoms with E-state index in [1.165, 1.54) is 4.68 Å². The van der Waals surface area contributed by atoms with Crippen molar-refractivity contribution in [2.75, 3.05) is 5.84 Å².